The van der Waals surface area contributed by atoms with Gasteiger partial charge in [0.05, 0.1) is 0 Å². The van der Waals surface area contributed by atoms with Gasteiger partial charge in [-0.05, 0) is 36.0 Å². The molecule has 1 aromatic heterocycles. The van der Waals surface area contributed by atoms with Gasteiger partial charge in [0.2, 0.25) is 0 Å². The second-order valence-corrected chi connectivity index (χ2v) is 5.62. The number of hydrogen-bond donors (Lipinski definition) is 1. The first-order valence-corrected chi connectivity index (χ1v) is 6.58. The summed E-state index contributed by atoms with van der Waals surface area (Å²) in [4.78, 5) is 0. The summed E-state index contributed by atoms with van der Waals surface area (Å²) in [6.45, 7) is 3.52. The lowest BCUT2D eigenvalue weighted by molar-refractivity contribution is 0.594. The number of fused-ring (bicyclic) bond motifs is 3. The van der Waals surface area contributed by atoms with E-state index in [1.165, 1.54) is 25.7 Å². The first kappa shape index (κ1) is 10.8. The van der Waals surface area contributed by atoms with Gasteiger partial charge in [0.25, 0.3) is 0 Å². The second-order valence-electron chi connectivity index (χ2n) is 4.53. The maximum Gasteiger partial charge on any atom is 0.320 e. The smallest absolute Gasteiger partial charge is 0.320 e. The van der Waals surface area contributed by atoms with Crippen LogP contribution in [-0.2, 0) is 0 Å². The molecule has 0 aliphatic carbocycles. The summed E-state index contributed by atoms with van der Waals surface area (Å²) in [5, 5.41) is 12.2. The molecule has 0 bridgehead atoms. The Kier molecular flexibility index (Phi) is 2.46. The van der Waals surface area contributed by atoms with Crippen molar-refractivity contribution < 1.29 is 5.02 Å². The van der Waals surface area contributed by atoms with Crippen molar-refractivity contribution in [2.45, 2.75) is 13.7 Å². The molecule has 0 amide bonds. The molecule has 0 aliphatic heterocycles. The zero-order chi connectivity index (χ0) is 12.0. The SMILES string of the molecule is CB(O)c1ccc2sc3ccc(C)cc3c2c1. The van der Waals surface area contributed by atoms with E-state index in [1.807, 2.05) is 17.4 Å². The highest BCUT2D eigenvalue weighted by atomic mass is 32.1. The minimum Gasteiger partial charge on any atom is -0.447 e. The maximum atomic E-state index is 9.65. The summed E-state index contributed by atoms with van der Waals surface area (Å²) < 4.78 is 2.60. The number of benzene rings is 2. The molecule has 3 aromatic rings. The lowest BCUT2D eigenvalue weighted by atomic mass is 9.64. The monoisotopic (exact) mass is 240 g/mol. The third kappa shape index (κ3) is 1.76. The Bertz CT molecular complexity index is 700. The van der Waals surface area contributed by atoms with E-state index < -0.39 is 6.92 Å². The molecule has 0 unspecified atom stereocenters. The molecule has 0 radical (unpaired) electrons. The molecule has 3 rings (SSSR count). The first-order chi connectivity index (χ1) is 8.15. The van der Waals surface area contributed by atoms with E-state index in [0.717, 1.165) is 5.46 Å². The normalized spacial score (nSPS) is 11.2. The third-order valence-corrected chi connectivity index (χ3v) is 4.28. The van der Waals surface area contributed by atoms with E-state index in [2.05, 4.69) is 37.3 Å². The van der Waals surface area contributed by atoms with Crippen LogP contribution in [0.2, 0.25) is 6.82 Å². The third-order valence-electron chi connectivity index (χ3n) is 3.13. The van der Waals surface area contributed by atoms with Gasteiger partial charge in [-0.3, -0.25) is 0 Å². The van der Waals surface area contributed by atoms with Gasteiger partial charge in [-0.15, -0.1) is 11.3 Å². The Hall–Kier alpha value is -1.32. The molecule has 17 heavy (non-hydrogen) atoms. The highest BCUT2D eigenvalue weighted by Gasteiger charge is 2.10. The van der Waals surface area contributed by atoms with Crippen LogP contribution in [0.25, 0.3) is 20.2 Å². The predicted molar refractivity (Wildman–Crippen MR) is 77.5 cm³/mol. The van der Waals surface area contributed by atoms with E-state index >= 15 is 0 Å². The minimum absolute atomic E-state index is 0.404. The molecule has 1 heterocycles. The molecule has 0 atom stereocenters. The van der Waals surface area contributed by atoms with Gasteiger partial charge in [0.1, 0.15) is 0 Å². The van der Waals surface area contributed by atoms with Crippen LogP contribution in [0, 0.1) is 6.92 Å². The lowest BCUT2D eigenvalue weighted by Gasteiger charge is -2.01. The van der Waals surface area contributed by atoms with E-state index in [9.17, 15) is 5.02 Å². The first-order valence-electron chi connectivity index (χ1n) is 5.76. The average Bonchev–Trinajstić information content (AvgIpc) is 2.66. The Balaban J connectivity index is 2.39. The molecule has 2 aromatic carbocycles. The van der Waals surface area contributed by atoms with Crippen LogP contribution >= 0.6 is 11.3 Å². The van der Waals surface area contributed by atoms with Crippen LogP contribution in [0.1, 0.15) is 5.56 Å². The molecule has 1 nitrogen and oxygen atoms in total. The molecule has 1 N–H and O–H groups in total. The summed E-state index contributed by atoms with van der Waals surface area (Å²) in [6.07, 6.45) is 0. The maximum absolute atomic E-state index is 9.65. The Morgan fingerprint density at radius 3 is 2.35 bits per heavy atom. The molecule has 0 saturated carbocycles. The van der Waals surface area contributed by atoms with Crippen molar-refractivity contribution in [3.05, 3.63) is 42.0 Å². The summed E-state index contributed by atoms with van der Waals surface area (Å²) in [7, 11) is 0. The van der Waals surface area contributed by atoms with E-state index in [0.29, 0.717) is 0 Å². The molecule has 0 saturated heterocycles. The number of hydrogen-bond acceptors (Lipinski definition) is 2. The van der Waals surface area contributed by atoms with Crippen LogP contribution in [0.15, 0.2) is 36.4 Å². The van der Waals surface area contributed by atoms with Crippen molar-refractivity contribution in [1.82, 2.24) is 0 Å². The van der Waals surface area contributed by atoms with Gasteiger partial charge >= 0.3 is 6.92 Å². The van der Waals surface area contributed by atoms with Gasteiger partial charge in [0, 0.05) is 14.8 Å². The largest absolute Gasteiger partial charge is 0.447 e. The highest BCUT2D eigenvalue weighted by molar-refractivity contribution is 7.25. The van der Waals surface area contributed by atoms with Crippen LogP contribution in [0.4, 0.5) is 0 Å². The van der Waals surface area contributed by atoms with E-state index in [-0.39, 0.29) is 0 Å². The fourth-order valence-corrected chi connectivity index (χ4v) is 3.24. The van der Waals surface area contributed by atoms with Crippen molar-refractivity contribution in [3.63, 3.8) is 0 Å². The molecule has 0 spiro atoms. The Morgan fingerprint density at radius 1 is 1.00 bits per heavy atom. The average molecular weight is 240 g/mol. The Labute approximate surface area is 105 Å². The van der Waals surface area contributed by atoms with Crippen molar-refractivity contribution >= 4 is 43.9 Å². The molecule has 0 fully saturated rings. The van der Waals surface area contributed by atoms with Crippen molar-refractivity contribution in [1.29, 1.82) is 0 Å². The van der Waals surface area contributed by atoms with Gasteiger partial charge in [0.15, 0.2) is 0 Å². The van der Waals surface area contributed by atoms with Gasteiger partial charge in [-0.2, -0.15) is 0 Å². The zero-order valence-electron chi connectivity index (χ0n) is 9.90. The fraction of sp³-hybridized carbons (Fsp3) is 0.143. The standard InChI is InChI=1S/C14H13BOS/c1-9-3-5-13-11(7-9)12-8-10(15(2)16)4-6-14(12)17-13/h3-8,16H,1-2H3. The highest BCUT2D eigenvalue weighted by Crippen LogP contribution is 2.33. The number of thiophene rings is 1. The van der Waals surface area contributed by atoms with Gasteiger partial charge in [-0.25, -0.2) is 0 Å². The summed E-state index contributed by atoms with van der Waals surface area (Å²) in [6, 6.07) is 12.8. The minimum atomic E-state index is -0.404. The van der Waals surface area contributed by atoms with Crippen molar-refractivity contribution in [2.75, 3.05) is 0 Å². The topological polar surface area (TPSA) is 20.2 Å². The van der Waals surface area contributed by atoms with Gasteiger partial charge < -0.3 is 5.02 Å². The number of rotatable bonds is 1. The molecular formula is C14H13BOS. The summed E-state index contributed by atoms with van der Waals surface area (Å²) in [5.74, 6) is 0. The zero-order valence-corrected chi connectivity index (χ0v) is 10.7. The quantitative estimate of drug-likeness (QED) is 0.647. The summed E-state index contributed by atoms with van der Waals surface area (Å²) in [5.41, 5.74) is 2.26. The van der Waals surface area contributed by atoms with Gasteiger partial charge in [-0.1, -0.05) is 30.6 Å². The van der Waals surface area contributed by atoms with Crippen LogP contribution in [-0.4, -0.2) is 11.9 Å². The van der Waals surface area contributed by atoms with Crippen LogP contribution < -0.4 is 5.46 Å². The molecular weight excluding hydrogens is 227 g/mol. The summed E-state index contributed by atoms with van der Waals surface area (Å²) >= 11 is 1.81. The number of aryl methyl sites for hydroxylation is 1. The van der Waals surface area contributed by atoms with E-state index in [1.54, 1.807) is 6.82 Å². The molecule has 84 valence electrons. The van der Waals surface area contributed by atoms with Crippen molar-refractivity contribution in [3.8, 4) is 0 Å². The van der Waals surface area contributed by atoms with Crippen LogP contribution in [0.5, 0.6) is 0 Å². The lowest BCUT2D eigenvalue weighted by Crippen LogP contribution is -2.25. The molecule has 3 heteroatoms. The van der Waals surface area contributed by atoms with Crippen molar-refractivity contribution in [2.24, 2.45) is 0 Å². The molecule has 0 aliphatic rings. The predicted octanol–water partition coefficient (Wildman–Crippen LogP) is 3.18. The van der Waals surface area contributed by atoms with E-state index in [4.69, 9.17) is 0 Å². The fourth-order valence-electron chi connectivity index (χ4n) is 2.17. The second kappa shape index (κ2) is 3.86. The Morgan fingerprint density at radius 2 is 1.65 bits per heavy atom. The van der Waals surface area contributed by atoms with Crippen LogP contribution in [0.3, 0.4) is 0 Å².